The summed E-state index contributed by atoms with van der Waals surface area (Å²) in [5, 5.41) is 0. The van der Waals surface area contributed by atoms with E-state index in [9.17, 15) is 14.4 Å². The van der Waals surface area contributed by atoms with Gasteiger partial charge in [-0.1, -0.05) is 36.4 Å². The molecule has 0 unspecified atom stereocenters. The van der Waals surface area contributed by atoms with Crippen LogP contribution in [0.3, 0.4) is 0 Å². The van der Waals surface area contributed by atoms with E-state index in [4.69, 9.17) is 4.74 Å². The molecule has 4 heteroatoms. The predicted octanol–water partition coefficient (Wildman–Crippen LogP) is 5.02. The number of ketones is 3. The molecule has 4 nitrogen and oxygen atoms in total. The van der Waals surface area contributed by atoms with Crippen LogP contribution in [-0.4, -0.2) is 24.5 Å². The maximum absolute atomic E-state index is 13.4. The Balaban J connectivity index is 1.50. The van der Waals surface area contributed by atoms with E-state index in [-0.39, 0.29) is 11.7 Å². The predicted molar refractivity (Wildman–Crippen MR) is 120 cm³/mol. The number of carbonyl (C=O) groups is 3. The fourth-order valence-electron chi connectivity index (χ4n) is 4.93. The van der Waals surface area contributed by atoms with E-state index in [2.05, 4.69) is 24.3 Å². The van der Waals surface area contributed by atoms with Gasteiger partial charge in [-0.15, -0.1) is 0 Å². The summed E-state index contributed by atoms with van der Waals surface area (Å²) in [5.74, 6) is 0.232. The van der Waals surface area contributed by atoms with Gasteiger partial charge in [0.05, 0.1) is 12.7 Å². The minimum absolute atomic E-state index is 0.0312. The molecule has 0 radical (unpaired) electrons. The zero-order valence-corrected chi connectivity index (χ0v) is 18.1. The van der Waals surface area contributed by atoms with Crippen LogP contribution in [0.15, 0.2) is 48.5 Å². The highest BCUT2D eigenvalue weighted by Gasteiger charge is 2.31. The van der Waals surface area contributed by atoms with E-state index in [1.165, 1.54) is 12.5 Å². The Morgan fingerprint density at radius 3 is 2.35 bits per heavy atom. The van der Waals surface area contributed by atoms with Crippen LogP contribution in [0.25, 0.3) is 5.57 Å². The molecule has 160 valence electrons. The van der Waals surface area contributed by atoms with Crippen LogP contribution in [0.1, 0.15) is 59.7 Å². The van der Waals surface area contributed by atoms with Crippen molar-refractivity contribution < 1.29 is 19.1 Å². The highest BCUT2D eigenvalue weighted by atomic mass is 16.5. The first-order valence-corrected chi connectivity index (χ1v) is 11.0. The molecule has 0 aromatic heterocycles. The Morgan fingerprint density at radius 2 is 1.71 bits per heavy atom. The number of hydrogen-bond acceptors (Lipinski definition) is 4. The number of benzene rings is 2. The SMILES string of the molecule is COc1cc2c(cc1C(=O)C1CCC(Cc3ccccc3)CC1)C(C(=O)C(C)=O)=CC2. The highest BCUT2D eigenvalue weighted by molar-refractivity contribution is 6.53. The minimum atomic E-state index is -0.497. The van der Waals surface area contributed by atoms with Gasteiger partial charge in [0.25, 0.3) is 0 Å². The van der Waals surface area contributed by atoms with E-state index in [0.29, 0.717) is 34.8 Å². The molecule has 2 aromatic rings. The van der Waals surface area contributed by atoms with Gasteiger partial charge in [0, 0.05) is 18.4 Å². The number of rotatable bonds is 7. The largest absolute Gasteiger partial charge is 0.496 e. The number of fused-ring (bicyclic) bond motifs is 1. The normalized spacial score (nSPS) is 20.0. The third-order valence-corrected chi connectivity index (χ3v) is 6.66. The van der Waals surface area contributed by atoms with Crippen LogP contribution in [0.2, 0.25) is 0 Å². The van der Waals surface area contributed by atoms with E-state index in [1.807, 2.05) is 12.1 Å². The molecule has 0 spiro atoms. The second-order valence-corrected chi connectivity index (χ2v) is 8.69. The summed E-state index contributed by atoms with van der Waals surface area (Å²) < 4.78 is 5.53. The van der Waals surface area contributed by atoms with Crippen LogP contribution in [0.5, 0.6) is 5.75 Å². The van der Waals surface area contributed by atoms with Gasteiger partial charge in [-0.3, -0.25) is 14.4 Å². The van der Waals surface area contributed by atoms with E-state index < -0.39 is 11.6 Å². The van der Waals surface area contributed by atoms with Gasteiger partial charge in [-0.2, -0.15) is 0 Å². The number of methoxy groups -OCH3 is 1. The molecule has 0 atom stereocenters. The molecule has 0 N–H and O–H groups in total. The lowest BCUT2D eigenvalue weighted by molar-refractivity contribution is -0.131. The van der Waals surface area contributed by atoms with Gasteiger partial charge < -0.3 is 4.74 Å². The Morgan fingerprint density at radius 1 is 1.00 bits per heavy atom. The van der Waals surface area contributed by atoms with Gasteiger partial charge in [0.2, 0.25) is 5.78 Å². The molecule has 1 fully saturated rings. The molecule has 0 bridgehead atoms. The smallest absolute Gasteiger partial charge is 0.228 e. The summed E-state index contributed by atoms with van der Waals surface area (Å²) in [6, 6.07) is 14.1. The first-order valence-electron chi connectivity index (χ1n) is 11.0. The Labute approximate surface area is 183 Å². The molecular weight excluding hydrogens is 388 g/mol. The molecule has 31 heavy (non-hydrogen) atoms. The third-order valence-electron chi connectivity index (χ3n) is 6.66. The quantitative estimate of drug-likeness (QED) is 0.469. The number of hydrogen-bond donors (Lipinski definition) is 0. The van der Waals surface area contributed by atoms with Gasteiger partial charge >= 0.3 is 0 Å². The van der Waals surface area contributed by atoms with Crippen molar-refractivity contribution >= 4 is 22.9 Å². The first kappa shape index (κ1) is 21.2. The average Bonchev–Trinajstić information content (AvgIpc) is 3.21. The third kappa shape index (κ3) is 4.39. The maximum atomic E-state index is 13.4. The summed E-state index contributed by atoms with van der Waals surface area (Å²) in [4.78, 5) is 37.3. The Kier molecular flexibility index (Phi) is 6.17. The molecule has 0 saturated heterocycles. The van der Waals surface area contributed by atoms with Crippen LogP contribution in [0.4, 0.5) is 0 Å². The Bertz CT molecular complexity index is 1040. The fourth-order valence-corrected chi connectivity index (χ4v) is 4.93. The first-order chi connectivity index (χ1) is 15.0. The van der Waals surface area contributed by atoms with Crippen LogP contribution in [-0.2, 0) is 22.4 Å². The second-order valence-electron chi connectivity index (χ2n) is 8.69. The van der Waals surface area contributed by atoms with Crippen molar-refractivity contribution in [3.05, 3.63) is 70.8 Å². The maximum Gasteiger partial charge on any atom is 0.228 e. The number of Topliss-reactive ketones (excluding diaryl/α,β-unsaturated/α-hetero) is 3. The van der Waals surface area contributed by atoms with E-state index >= 15 is 0 Å². The molecule has 1 saturated carbocycles. The Hall–Kier alpha value is -3.01. The van der Waals surface area contributed by atoms with Crippen LogP contribution in [0, 0.1) is 11.8 Å². The van der Waals surface area contributed by atoms with Gasteiger partial charge in [0.15, 0.2) is 11.6 Å². The molecular formula is C27H28O4. The summed E-state index contributed by atoms with van der Waals surface area (Å²) in [6.45, 7) is 1.28. The number of ether oxygens (including phenoxy) is 1. The molecule has 2 aromatic carbocycles. The number of allylic oxidation sites excluding steroid dienone is 2. The van der Waals surface area contributed by atoms with Crippen molar-refractivity contribution in [1.29, 1.82) is 0 Å². The molecule has 4 rings (SSSR count). The molecule has 0 amide bonds. The van der Waals surface area contributed by atoms with E-state index in [1.54, 1.807) is 19.3 Å². The molecule has 0 aliphatic heterocycles. The van der Waals surface area contributed by atoms with Gasteiger partial charge in [0.1, 0.15) is 5.75 Å². The molecule has 0 heterocycles. The van der Waals surface area contributed by atoms with Crippen molar-refractivity contribution in [2.45, 2.75) is 45.4 Å². The summed E-state index contributed by atoms with van der Waals surface area (Å²) in [7, 11) is 1.57. The zero-order chi connectivity index (χ0) is 22.0. The zero-order valence-electron chi connectivity index (χ0n) is 18.1. The fraction of sp³-hybridized carbons (Fsp3) is 0.370. The molecule has 2 aliphatic carbocycles. The summed E-state index contributed by atoms with van der Waals surface area (Å²) in [6.07, 6.45) is 7.21. The average molecular weight is 417 g/mol. The molecule has 2 aliphatic rings. The van der Waals surface area contributed by atoms with Gasteiger partial charge in [-0.05, 0) is 73.3 Å². The minimum Gasteiger partial charge on any atom is -0.496 e. The number of carbonyl (C=O) groups excluding carboxylic acids is 3. The summed E-state index contributed by atoms with van der Waals surface area (Å²) in [5.41, 5.74) is 3.90. The van der Waals surface area contributed by atoms with Gasteiger partial charge in [-0.25, -0.2) is 0 Å². The highest BCUT2D eigenvalue weighted by Crippen LogP contribution is 2.38. The topological polar surface area (TPSA) is 60.4 Å². The second kappa shape index (κ2) is 9.01. The van der Waals surface area contributed by atoms with E-state index in [0.717, 1.165) is 37.7 Å². The van der Waals surface area contributed by atoms with Crippen molar-refractivity contribution in [1.82, 2.24) is 0 Å². The van der Waals surface area contributed by atoms with Crippen molar-refractivity contribution in [3.63, 3.8) is 0 Å². The lowest BCUT2D eigenvalue weighted by Gasteiger charge is -2.28. The van der Waals surface area contributed by atoms with Crippen molar-refractivity contribution in [2.24, 2.45) is 11.8 Å². The standard InChI is InChI=1S/C27H28O4/c1-17(28)26(29)22-13-12-21-15-25(31-2)24(16-23(21)22)27(30)20-10-8-19(9-11-20)14-18-6-4-3-5-7-18/h3-7,13,15-16,19-20H,8-12,14H2,1-2H3. The van der Waals surface area contributed by atoms with Crippen LogP contribution < -0.4 is 4.74 Å². The van der Waals surface area contributed by atoms with Crippen molar-refractivity contribution in [3.8, 4) is 5.75 Å². The monoisotopic (exact) mass is 416 g/mol. The summed E-state index contributed by atoms with van der Waals surface area (Å²) >= 11 is 0. The lowest BCUT2D eigenvalue weighted by Crippen LogP contribution is -2.23. The van der Waals surface area contributed by atoms with Crippen LogP contribution >= 0.6 is 0 Å². The lowest BCUT2D eigenvalue weighted by atomic mass is 9.76. The van der Waals surface area contributed by atoms with Crippen molar-refractivity contribution in [2.75, 3.05) is 7.11 Å².